The van der Waals surface area contributed by atoms with Crippen molar-refractivity contribution < 1.29 is 61.0 Å². The van der Waals surface area contributed by atoms with Crippen molar-refractivity contribution in [2.24, 2.45) is 0 Å². The largest absolute Gasteiger partial charge is 0.481 e. The Morgan fingerprint density at radius 2 is 1.87 bits per heavy atom. The summed E-state index contributed by atoms with van der Waals surface area (Å²) >= 11 is 0. The minimum atomic E-state index is -5.24. The zero-order valence-electron chi connectivity index (χ0n) is 14.9. The lowest BCUT2D eigenvalue weighted by Gasteiger charge is -2.21. The van der Waals surface area contributed by atoms with E-state index in [0.717, 1.165) is 10.8 Å². The van der Waals surface area contributed by atoms with Gasteiger partial charge in [-0.1, -0.05) is 0 Å². The van der Waals surface area contributed by atoms with Gasteiger partial charge in [0.25, 0.3) is 0 Å². The fourth-order valence-electron chi connectivity index (χ4n) is 2.35. The molecule has 17 nitrogen and oxygen atoms in total. The van der Waals surface area contributed by atoms with Gasteiger partial charge in [0.1, 0.15) is 24.1 Å². The number of nitrogens with two attached hydrogens (primary N) is 1. The minimum Gasteiger partial charge on any atom is -0.386 e. The summed E-state index contributed by atoms with van der Waals surface area (Å²) in [4.78, 5) is 52.0. The van der Waals surface area contributed by atoms with E-state index in [1.807, 2.05) is 0 Å². The van der Waals surface area contributed by atoms with E-state index in [2.05, 4.69) is 22.9 Å². The van der Waals surface area contributed by atoms with Crippen LogP contribution in [0.25, 0.3) is 0 Å². The number of rotatable bonds is 9. The Labute approximate surface area is 167 Å². The van der Waals surface area contributed by atoms with Crippen LogP contribution in [0.4, 0.5) is 5.82 Å². The van der Waals surface area contributed by atoms with E-state index < -0.39 is 60.3 Å². The van der Waals surface area contributed by atoms with Crippen LogP contribution in [0.15, 0.2) is 17.1 Å². The average Bonchev–Trinajstić information content (AvgIpc) is 2.87. The summed E-state index contributed by atoms with van der Waals surface area (Å²) in [5, 5.41) is 10.3. The highest BCUT2D eigenvalue weighted by molar-refractivity contribution is 7.61. The summed E-state index contributed by atoms with van der Waals surface area (Å²) in [6.07, 6.45) is -5.97. The van der Waals surface area contributed by atoms with Gasteiger partial charge in [-0.25, -0.2) is 18.5 Å². The van der Waals surface area contributed by atoms with Crippen molar-refractivity contribution in [1.29, 1.82) is 0 Å². The highest BCUT2D eigenvalue weighted by Crippen LogP contribution is 2.60. The number of aromatic nitrogens is 2. The van der Waals surface area contributed by atoms with Crippen LogP contribution in [0.2, 0.25) is 0 Å². The summed E-state index contributed by atoms with van der Waals surface area (Å²) in [5.74, 6) is -0.156. The summed E-state index contributed by atoms with van der Waals surface area (Å²) in [6.45, 7) is -1.03. The van der Waals surface area contributed by atoms with Gasteiger partial charge in [-0.05, 0) is 6.07 Å². The van der Waals surface area contributed by atoms with Crippen LogP contribution in [0, 0.1) is 0 Å². The second-order valence-corrected chi connectivity index (χ2v) is 10.00. The number of hydrogen-bond donors (Lipinski definition) is 6. The van der Waals surface area contributed by atoms with Crippen molar-refractivity contribution >= 4 is 29.3 Å². The molecule has 2 unspecified atom stereocenters. The average molecular weight is 497 g/mol. The first-order valence-electron chi connectivity index (χ1n) is 7.63. The molecule has 1 aromatic heterocycles. The van der Waals surface area contributed by atoms with E-state index in [-0.39, 0.29) is 5.82 Å². The highest BCUT2D eigenvalue weighted by atomic mass is 31.3. The minimum absolute atomic E-state index is 0.156. The first kappa shape index (κ1) is 25.2. The summed E-state index contributed by atoms with van der Waals surface area (Å²) in [6, 6.07) is 1.17. The van der Waals surface area contributed by atoms with Crippen molar-refractivity contribution in [3.05, 3.63) is 22.7 Å². The van der Waals surface area contributed by atoms with Crippen LogP contribution in [0.5, 0.6) is 0 Å². The molecule has 0 spiro atoms. The maximum atomic E-state index is 12.0. The van der Waals surface area contributed by atoms with Crippen LogP contribution in [0.3, 0.4) is 0 Å². The molecule has 30 heavy (non-hydrogen) atoms. The Balaban J connectivity index is 2.25. The number of nitrogen functional groups attached to an aromatic ring is 1. The summed E-state index contributed by atoms with van der Waals surface area (Å²) in [5.41, 5.74) is 4.36. The molecule has 1 aromatic rings. The summed E-state index contributed by atoms with van der Waals surface area (Å²) < 4.78 is 57.0. The molecule has 172 valence electrons. The third-order valence-electron chi connectivity index (χ3n) is 3.53. The van der Waals surface area contributed by atoms with Crippen molar-refractivity contribution in [2.75, 3.05) is 19.5 Å². The number of aliphatic hydroxyl groups is 1. The molecule has 1 aliphatic heterocycles. The standard InChI is InChI=1S/C10H18N3O14P3/c1-23-29(19,20)27-30(21,22)24-4-5-8(26-28(16,17)18)7(14)9(25-5)13-3-2-6(11)12-10(13)15/h2-3,5,7-9,14H,4H2,1H3,(H,19,20)(H,21,22)(H2,11,12,15)(H2,16,17,18)/t5-,7-,8-,9-/m1/s1. The second kappa shape index (κ2) is 9.22. The zero-order valence-corrected chi connectivity index (χ0v) is 17.6. The van der Waals surface area contributed by atoms with Gasteiger partial charge < -0.3 is 35.2 Å². The molecular formula is C10H18N3O14P3. The van der Waals surface area contributed by atoms with Gasteiger partial charge in [-0.15, -0.1) is 0 Å². The molecule has 1 fully saturated rings. The Hall–Kier alpha value is -1.03. The summed E-state index contributed by atoms with van der Waals surface area (Å²) in [7, 11) is -14.7. The van der Waals surface area contributed by atoms with Crippen molar-refractivity contribution in [3.63, 3.8) is 0 Å². The molecule has 0 aliphatic carbocycles. The molecule has 2 heterocycles. The number of aliphatic hydroxyl groups excluding tert-OH is 1. The van der Waals surface area contributed by atoms with Crippen molar-refractivity contribution in [3.8, 4) is 0 Å². The maximum Gasteiger partial charge on any atom is 0.481 e. The van der Waals surface area contributed by atoms with E-state index in [0.29, 0.717) is 7.11 Å². The molecule has 1 saturated heterocycles. The van der Waals surface area contributed by atoms with Crippen molar-refractivity contribution in [1.82, 2.24) is 9.55 Å². The number of nitrogens with zero attached hydrogens (tertiary/aromatic N) is 2. The lowest BCUT2D eigenvalue weighted by atomic mass is 10.1. The fourth-order valence-corrected chi connectivity index (χ4v) is 4.76. The van der Waals surface area contributed by atoms with Gasteiger partial charge in [0, 0.05) is 13.3 Å². The van der Waals surface area contributed by atoms with E-state index in [1.165, 1.54) is 6.07 Å². The molecule has 0 saturated carbocycles. The predicted molar refractivity (Wildman–Crippen MR) is 93.4 cm³/mol. The Morgan fingerprint density at radius 3 is 2.40 bits per heavy atom. The van der Waals surface area contributed by atoms with Crippen LogP contribution in [-0.4, -0.2) is 66.3 Å². The Bertz CT molecular complexity index is 963. The van der Waals surface area contributed by atoms with E-state index in [4.69, 9.17) is 25.2 Å². The van der Waals surface area contributed by atoms with Crippen LogP contribution >= 0.6 is 23.5 Å². The smallest absolute Gasteiger partial charge is 0.386 e. The van der Waals surface area contributed by atoms with Gasteiger partial charge in [0.05, 0.1) is 6.61 Å². The van der Waals surface area contributed by atoms with Gasteiger partial charge in [0.15, 0.2) is 6.23 Å². The third kappa shape index (κ3) is 6.73. The second-order valence-electron chi connectivity index (χ2n) is 5.66. The molecule has 0 aromatic carbocycles. The number of anilines is 1. The van der Waals surface area contributed by atoms with Crippen LogP contribution in [0.1, 0.15) is 6.23 Å². The lowest BCUT2D eigenvalue weighted by molar-refractivity contribution is -0.0540. The number of phosphoric acid groups is 3. The molecule has 6 atom stereocenters. The normalized spacial score (nSPS) is 28.7. The molecule has 0 amide bonds. The molecule has 2 rings (SSSR count). The van der Waals surface area contributed by atoms with Crippen LogP contribution < -0.4 is 11.4 Å². The topological polar surface area (TPSA) is 259 Å². The molecular weight excluding hydrogens is 479 g/mol. The Morgan fingerprint density at radius 1 is 1.23 bits per heavy atom. The molecule has 7 N–H and O–H groups in total. The van der Waals surface area contributed by atoms with Crippen LogP contribution in [-0.2, 0) is 36.3 Å². The quantitative estimate of drug-likeness (QED) is 0.211. The molecule has 1 aliphatic rings. The van der Waals surface area contributed by atoms with E-state index >= 15 is 0 Å². The van der Waals surface area contributed by atoms with E-state index in [1.54, 1.807) is 0 Å². The zero-order chi connectivity index (χ0) is 22.9. The first-order valence-corrected chi connectivity index (χ1v) is 12.2. The third-order valence-corrected chi connectivity index (χ3v) is 6.64. The number of phosphoric ester groups is 3. The van der Waals surface area contributed by atoms with Crippen molar-refractivity contribution in [2.45, 2.75) is 24.5 Å². The monoisotopic (exact) mass is 497 g/mol. The molecule has 20 heteroatoms. The van der Waals surface area contributed by atoms with Gasteiger partial charge in [-0.2, -0.15) is 9.29 Å². The number of ether oxygens (including phenoxy) is 1. The number of hydrogen-bond acceptors (Lipinski definition) is 12. The Kier molecular flexibility index (Phi) is 7.76. The highest BCUT2D eigenvalue weighted by Gasteiger charge is 2.49. The van der Waals surface area contributed by atoms with Gasteiger partial charge >= 0.3 is 29.2 Å². The van der Waals surface area contributed by atoms with E-state index in [9.17, 15) is 28.5 Å². The van der Waals surface area contributed by atoms with Gasteiger partial charge in [0.2, 0.25) is 0 Å². The fraction of sp³-hybridized carbons (Fsp3) is 0.600. The molecule has 0 radical (unpaired) electrons. The first-order chi connectivity index (χ1) is 13.6. The lowest BCUT2D eigenvalue weighted by Crippen LogP contribution is -2.37. The van der Waals surface area contributed by atoms with Gasteiger partial charge in [-0.3, -0.25) is 18.1 Å². The molecule has 0 bridgehead atoms. The maximum absolute atomic E-state index is 12.0. The SMILES string of the molecule is COP(=O)(O)OP(=O)(O)OC[C@H]1O[C@@H](n2ccc(N)nc2=O)[C@H](O)[C@@H]1OP(=O)(O)O. The predicted octanol–water partition coefficient (Wildman–Crippen LogP) is -1.56.